The highest BCUT2D eigenvalue weighted by atomic mass is 32.2. The third-order valence-electron chi connectivity index (χ3n) is 11.1. The second-order valence-electron chi connectivity index (χ2n) is 14.9. The number of ketones is 1. The summed E-state index contributed by atoms with van der Waals surface area (Å²) in [7, 11) is -3.92. The molecule has 11 heteroatoms. The number of primary amides is 1. The Bertz CT molecular complexity index is 2010. The van der Waals surface area contributed by atoms with Gasteiger partial charge >= 0.3 is 0 Å². The number of amides is 3. The van der Waals surface area contributed by atoms with Crippen LogP contribution in [0.2, 0.25) is 0 Å². The Morgan fingerprint density at radius 3 is 1.73 bits per heavy atom. The van der Waals surface area contributed by atoms with Gasteiger partial charge in [0.15, 0.2) is 0 Å². The van der Waals surface area contributed by atoms with E-state index in [-0.39, 0.29) is 29.0 Å². The number of benzene rings is 4. The van der Waals surface area contributed by atoms with Crippen molar-refractivity contribution in [2.75, 3.05) is 13.1 Å². The summed E-state index contributed by atoms with van der Waals surface area (Å²) in [6, 6.07) is 31.9. The highest BCUT2D eigenvalue weighted by Crippen LogP contribution is 2.28. The maximum Gasteiger partial charge on any atom is 0.295 e. The molecule has 2 aliphatic rings. The maximum absolute atomic E-state index is 13.9. The molecule has 0 bridgehead atoms. The van der Waals surface area contributed by atoms with Gasteiger partial charge in [0.2, 0.25) is 27.6 Å². The predicted octanol–water partition coefficient (Wildman–Crippen LogP) is 6.48. The zero-order chi connectivity index (χ0) is 39.5. The largest absolute Gasteiger partial charge is 0.368 e. The first kappa shape index (κ1) is 40.5. The lowest BCUT2D eigenvalue weighted by atomic mass is 9.96. The van der Waals surface area contributed by atoms with E-state index >= 15 is 0 Å². The third-order valence-corrected chi connectivity index (χ3v) is 13.0. The fourth-order valence-electron chi connectivity index (χ4n) is 7.93. The molecule has 0 radical (unpaired) electrons. The van der Waals surface area contributed by atoms with Crippen molar-refractivity contribution >= 4 is 33.5 Å². The van der Waals surface area contributed by atoms with E-state index in [0.29, 0.717) is 37.8 Å². The van der Waals surface area contributed by atoms with Crippen LogP contribution < -0.4 is 11.1 Å². The molecule has 10 nitrogen and oxygen atoms in total. The molecule has 0 saturated carbocycles. The molecule has 1 unspecified atom stereocenters. The first-order chi connectivity index (χ1) is 27.1. The first-order valence-electron chi connectivity index (χ1n) is 19.9. The Hall–Kier alpha value is -5.13. The molecule has 0 aliphatic carbocycles. The average molecular weight is 777 g/mol. The fourth-order valence-corrected chi connectivity index (χ4v) is 9.59. The lowest BCUT2D eigenvalue weighted by molar-refractivity contribution is -0.139. The molecule has 3 N–H and O–H groups in total. The number of Topliss-reactive ketones (excluding diaryl/α,β-unsaturated/α-hetero) is 1. The van der Waals surface area contributed by atoms with Crippen molar-refractivity contribution in [1.29, 1.82) is 0 Å². The van der Waals surface area contributed by atoms with Crippen molar-refractivity contribution in [1.82, 2.24) is 14.5 Å². The van der Waals surface area contributed by atoms with Crippen LogP contribution in [0.15, 0.2) is 114 Å². The second-order valence-corrected chi connectivity index (χ2v) is 16.8. The Morgan fingerprint density at radius 2 is 1.18 bits per heavy atom. The molecular formula is C45H52N4O6S. The minimum Gasteiger partial charge on any atom is -0.368 e. The van der Waals surface area contributed by atoms with E-state index < -0.39 is 39.7 Å². The van der Waals surface area contributed by atoms with Crippen LogP contribution in [0, 0.1) is 0 Å². The number of carbonyl (C=O) groups excluding carboxylic acids is 4. The van der Waals surface area contributed by atoms with Crippen molar-refractivity contribution in [2.24, 2.45) is 5.73 Å². The molecule has 2 saturated heterocycles. The number of rotatable bonds is 16. The molecule has 2 heterocycles. The summed E-state index contributed by atoms with van der Waals surface area (Å²) in [5.74, 6) is -2.23. The Kier molecular flexibility index (Phi) is 13.9. The number of piperidine rings is 2. The van der Waals surface area contributed by atoms with E-state index in [9.17, 15) is 27.6 Å². The van der Waals surface area contributed by atoms with Crippen LogP contribution in [0.4, 0.5) is 0 Å². The van der Waals surface area contributed by atoms with Crippen molar-refractivity contribution in [3.63, 3.8) is 0 Å². The number of aryl methyl sites for hydroxylation is 2. The second kappa shape index (κ2) is 19.1. The molecule has 2 aliphatic heterocycles. The monoisotopic (exact) mass is 776 g/mol. The Balaban J connectivity index is 1.09. The van der Waals surface area contributed by atoms with Crippen LogP contribution in [0.1, 0.15) is 85.7 Å². The number of sulfonamides is 1. The highest BCUT2D eigenvalue weighted by Gasteiger charge is 2.37. The number of hydrogen-bond acceptors (Lipinski definition) is 6. The standard InChI is InChI=1S/C45H52N4O6S/c46-43(51)40-21-8-10-32-49(40)56(54,55)39-29-27-36(28-30-39)35-23-25-37(26-24-35)42(50)45(53)48-31-9-7-22-41(48)44(52)47-38(19-11-17-33-13-3-1-4-14-33)20-12-18-34-15-5-2-6-16-34/h1-6,13-16,23-30,38,40-41H,7-12,17-22,31-32H2,(H2,46,51)(H,47,52)/t40-,41?/m0/s1. The number of carbonyl (C=O) groups is 4. The van der Waals surface area contributed by atoms with E-state index in [1.807, 2.05) is 36.4 Å². The number of nitrogens with two attached hydrogens (primary N) is 1. The van der Waals surface area contributed by atoms with Crippen LogP contribution in [0.25, 0.3) is 11.1 Å². The van der Waals surface area contributed by atoms with Gasteiger partial charge in [0.1, 0.15) is 12.1 Å². The van der Waals surface area contributed by atoms with Gasteiger partial charge in [-0.2, -0.15) is 4.31 Å². The predicted molar refractivity (Wildman–Crippen MR) is 217 cm³/mol. The highest BCUT2D eigenvalue weighted by molar-refractivity contribution is 7.89. The van der Waals surface area contributed by atoms with Crippen LogP contribution >= 0.6 is 0 Å². The van der Waals surface area contributed by atoms with Crippen LogP contribution in [-0.4, -0.2) is 72.3 Å². The normalized spacial score (nSPS) is 17.7. The van der Waals surface area contributed by atoms with Gasteiger partial charge in [-0.05, 0) is 105 Å². The van der Waals surface area contributed by atoms with E-state index in [4.69, 9.17) is 5.73 Å². The molecule has 4 aromatic carbocycles. The molecular weight excluding hydrogens is 725 g/mol. The Labute approximate surface area is 330 Å². The van der Waals surface area contributed by atoms with Gasteiger partial charge in [-0.15, -0.1) is 0 Å². The zero-order valence-electron chi connectivity index (χ0n) is 31.9. The third kappa shape index (κ3) is 10.2. The maximum atomic E-state index is 13.9. The summed E-state index contributed by atoms with van der Waals surface area (Å²) >= 11 is 0. The van der Waals surface area contributed by atoms with Gasteiger partial charge in [0, 0.05) is 24.7 Å². The van der Waals surface area contributed by atoms with Gasteiger partial charge in [-0.25, -0.2) is 8.42 Å². The van der Waals surface area contributed by atoms with Crippen LogP contribution in [-0.2, 0) is 37.2 Å². The minimum absolute atomic E-state index is 0.0527. The van der Waals surface area contributed by atoms with Crippen molar-refractivity contribution in [3.05, 3.63) is 126 Å². The summed E-state index contributed by atoms with van der Waals surface area (Å²) in [6.45, 7) is 0.569. The summed E-state index contributed by atoms with van der Waals surface area (Å²) in [5.41, 5.74) is 9.69. The summed E-state index contributed by atoms with van der Waals surface area (Å²) in [5, 5.41) is 3.28. The van der Waals surface area contributed by atoms with E-state index in [0.717, 1.165) is 56.9 Å². The Morgan fingerprint density at radius 1 is 0.661 bits per heavy atom. The molecule has 56 heavy (non-hydrogen) atoms. The molecule has 3 amide bonds. The number of nitrogens with one attached hydrogen (secondary N) is 1. The lowest BCUT2D eigenvalue weighted by Gasteiger charge is -2.35. The van der Waals surface area contributed by atoms with Crippen molar-refractivity contribution in [2.45, 2.75) is 100 Å². The van der Waals surface area contributed by atoms with Gasteiger partial charge in [0.05, 0.1) is 4.90 Å². The number of hydrogen-bond donors (Lipinski definition) is 2. The SMILES string of the molecule is NC(=O)[C@@H]1CCCCN1S(=O)(=O)c1ccc(-c2ccc(C(=O)C(=O)N3CCCCC3C(=O)NC(CCCc3ccccc3)CCCc3ccccc3)cc2)cc1. The van der Waals surface area contributed by atoms with Crippen LogP contribution in [0.5, 0.6) is 0 Å². The summed E-state index contributed by atoms with van der Waals surface area (Å²) < 4.78 is 28.0. The van der Waals surface area contributed by atoms with E-state index in [2.05, 4.69) is 29.6 Å². The van der Waals surface area contributed by atoms with Gasteiger partial charge < -0.3 is 16.0 Å². The van der Waals surface area contributed by atoms with E-state index in [1.54, 1.807) is 36.4 Å². The molecule has 4 aromatic rings. The molecule has 6 rings (SSSR count). The van der Waals surface area contributed by atoms with Crippen molar-refractivity contribution in [3.8, 4) is 11.1 Å². The molecule has 2 atom stereocenters. The van der Waals surface area contributed by atoms with Crippen molar-refractivity contribution < 1.29 is 27.6 Å². The first-order valence-corrected chi connectivity index (χ1v) is 21.3. The van der Waals surface area contributed by atoms with Crippen LogP contribution in [0.3, 0.4) is 0 Å². The van der Waals surface area contributed by atoms with Gasteiger partial charge in [-0.1, -0.05) is 103 Å². The molecule has 294 valence electrons. The molecule has 0 spiro atoms. The van der Waals surface area contributed by atoms with Gasteiger partial charge in [-0.3, -0.25) is 19.2 Å². The summed E-state index contributed by atoms with van der Waals surface area (Å²) in [6.07, 6.45) is 9.09. The fraction of sp³-hybridized carbons (Fsp3) is 0.378. The summed E-state index contributed by atoms with van der Waals surface area (Å²) in [4.78, 5) is 54.7. The van der Waals surface area contributed by atoms with E-state index in [1.165, 1.54) is 32.5 Å². The number of nitrogens with zero attached hydrogens (tertiary/aromatic N) is 2. The minimum atomic E-state index is -3.92. The lowest BCUT2D eigenvalue weighted by Crippen LogP contribution is -2.55. The molecule has 0 aromatic heterocycles. The van der Waals surface area contributed by atoms with Gasteiger partial charge in [0.25, 0.3) is 5.91 Å². The average Bonchev–Trinajstić information content (AvgIpc) is 3.24. The smallest absolute Gasteiger partial charge is 0.295 e. The quantitative estimate of drug-likeness (QED) is 0.0985. The molecule has 2 fully saturated rings. The zero-order valence-corrected chi connectivity index (χ0v) is 32.7. The number of likely N-dealkylation sites (tertiary alicyclic amines) is 1. The topological polar surface area (TPSA) is 147 Å².